The van der Waals surface area contributed by atoms with E-state index in [2.05, 4.69) is 24.0 Å². The topological polar surface area (TPSA) is 30.5 Å². The lowest BCUT2D eigenvalue weighted by Gasteiger charge is -2.21. The van der Waals surface area contributed by atoms with Crippen LogP contribution in [0, 0.1) is 0 Å². The summed E-state index contributed by atoms with van der Waals surface area (Å²) >= 11 is 0. The summed E-state index contributed by atoms with van der Waals surface area (Å²) in [5.41, 5.74) is 1.24. The van der Waals surface area contributed by atoms with E-state index in [0.717, 1.165) is 18.0 Å². The van der Waals surface area contributed by atoms with Gasteiger partial charge in [-0.1, -0.05) is 50.8 Å². The fourth-order valence-corrected chi connectivity index (χ4v) is 3.01. The van der Waals surface area contributed by atoms with E-state index >= 15 is 0 Å². The Labute approximate surface area is 146 Å². The maximum Gasteiger partial charge on any atom is 0.161 e. The molecule has 0 unspecified atom stereocenters. The molecule has 1 N–H and O–H groups in total. The summed E-state index contributed by atoms with van der Waals surface area (Å²) in [5, 5.41) is 3.71. The Morgan fingerprint density at radius 3 is 2.48 bits per heavy atom. The average molecular weight is 340 g/mol. The lowest BCUT2D eigenvalue weighted by molar-refractivity contribution is 0.326. The molecule has 0 radical (unpaired) electrons. The molecule has 3 nitrogen and oxygen atoms in total. The Morgan fingerprint density at radius 1 is 1.13 bits per heavy atom. The minimum absolute atomic E-state index is 0. The second-order valence-electron chi connectivity index (χ2n) is 6.01. The molecule has 1 aromatic rings. The number of methoxy groups -OCH3 is 1. The van der Waals surface area contributed by atoms with Crippen molar-refractivity contribution in [2.24, 2.45) is 0 Å². The lowest BCUT2D eigenvalue weighted by Crippen LogP contribution is -2.29. The zero-order valence-electron chi connectivity index (χ0n) is 14.2. The molecule has 0 heterocycles. The maximum absolute atomic E-state index is 5.59. The summed E-state index contributed by atoms with van der Waals surface area (Å²) in [6.45, 7) is 5.06. The van der Waals surface area contributed by atoms with Gasteiger partial charge in [-0.05, 0) is 30.5 Å². The Morgan fingerprint density at radius 2 is 1.83 bits per heavy atom. The SMILES string of the molecule is C=CCOc1ccc(CNC2CCCCCCC2)cc1OC.Cl. The van der Waals surface area contributed by atoms with Crippen LogP contribution in [0.3, 0.4) is 0 Å². The van der Waals surface area contributed by atoms with E-state index in [9.17, 15) is 0 Å². The Kier molecular flexibility index (Phi) is 9.81. The van der Waals surface area contributed by atoms with Crippen LogP contribution in [0.2, 0.25) is 0 Å². The van der Waals surface area contributed by atoms with E-state index in [0.29, 0.717) is 12.6 Å². The third kappa shape index (κ3) is 6.84. The van der Waals surface area contributed by atoms with Crippen LogP contribution < -0.4 is 14.8 Å². The van der Waals surface area contributed by atoms with Crippen LogP contribution >= 0.6 is 12.4 Å². The van der Waals surface area contributed by atoms with Crippen LogP contribution in [0.25, 0.3) is 0 Å². The first-order valence-electron chi connectivity index (χ1n) is 8.47. The molecular formula is C19H30ClNO2. The molecule has 130 valence electrons. The molecule has 0 aliphatic heterocycles. The highest BCUT2D eigenvalue weighted by Gasteiger charge is 2.11. The molecule has 4 heteroatoms. The lowest BCUT2D eigenvalue weighted by atomic mass is 9.96. The van der Waals surface area contributed by atoms with Crippen LogP contribution in [0.1, 0.15) is 50.5 Å². The van der Waals surface area contributed by atoms with Gasteiger partial charge >= 0.3 is 0 Å². The molecule has 1 aromatic carbocycles. The van der Waals surface area contributed by atoms with Gasteiger partial charge in [0.1, 0.15) is 6.61 Å². The fourth-order valence-electron chi connectivity index (χ4n) is 3.01. The van der Waals surface area contributed by atoms with E-state index in [-0.39, 0.29) is 12.4 Å². The molecule has 0 spiro atoms. The van der Waals surface area contributed by atoms with Gasteiger partial charge in [0, 0.05) is 12.6 Å². The summed E-state index contributed by atoms with van der Waals surface area (Å²) < 4.78 is 11.0. The van der Waals surface area contributed by atoms with Crippen molar-refractivity contribution in [1.29, 1.82) is 0 Å². The van der Waals surface area contributed by atoms with Gasteiger partial charge in [-0.3, -0.25) is 0 Å². The largest absolute Gasteiger partial charge is 0.493 e. The Bertz CT molecular complexity index is 457. The van der Waals surface area contributed by atoms with E-state index in [1.54, 1.807) is 13.2 Å². The number of hydrogen-bond acceptors (Lipinski definition) is 3. The van der Waals surface area contributed by atoms with Gasteiger partial charge in [0.05, 0.1) is 7.11 Å². The van der Waals surface area contributed by atoms with Crippen molar-refractivity contribution in [2.75, 3.05) is 13.7 Å². The zero-order valence-corrected chi connectivity index (χ0v) is 15.0. The fraction of sp³-hybridized carbons (Fsp3) is 0.579. The van der Waals surface area contributed by atoms with Crippen molar-refractivity contribution in [3.8, 4) is 11.5 Å². The molecule has 1 aliphatic carbocycles. The number of nitrogens with one attached hydrogen (secondary N) is 1. The first-order valence-corrected chi connectivity index (χ1v) is 8.47. The summed E-state index contributed by atoms with van der Waals surface area (Å²) in [6, 6.07) is 6.81. The monoisotopic (exact) mass is 339 g/mol. The highest BCUT2D eigenvalue weighted by molar-refractivity contribution is 5.85. The summed E-state index contributed by atoms with van der Waals surface area (Å²) in [5.74, 6) is 1.57. The minimum Gasteiger partial charge on any atom is -0.493 e. The first kappa shape index (κ1) is 19.9. The van der Waals surface area contributed by atoms with Crippen LogP contribution in [0.15, 0.2) is 30.9 Å². The number of benzene rings is 1. The summed E-state index contributed by atoms with van der Waals surface area (Å²) in [4.78, 5) is 0. The van der Waals surface area contributed by atoms with Crippen molar-refractivity contribution < 1.29 is 9.47 Å². The first-order chi connectivity index (χ1) is 10.8. The number of ether oxygens (including phenoxy) is 2. The molecule has 23 heavy (non-hydrogen) atoms. The van der Waals surface area contributed by atoms with Crippen molar-refractivity contribution in [1.82, 2.24) is 5.32 Å². The van der Waals surface area contributed by atoms with E-state index in [4.69, 9.17) is 9.47 Å². The van der Waals surface area contributed by atoms with Crippen LogP contribution in [0.4, 0.5) is 0 Å². The summed E-state index contributed by atoms with van der Waals surface area (Å²) in [6.07, 6.45) is 11.3. The van der Waals surface area contributed by atoms with E-state index in [1.807, 2.05) is 6.07 Å². The Hall–Kier alpha value is -1.19. The summed E-state index contributed by atoms with van der Waals surface area (Å²) in [7, 11) is 1.68. The van der Waals surface area contributed by atoms with Gasteiger partial charge in [0.15, 0.2) is 11.5 Å². The van der Waals surface area contributed by atoms with Crippen LogP contribution in [-0.4, -0.2) is 19.8 Å². The maximum atomic E-state index is 5.59. The second kappa shape index (κ2) is 11.4. The minimum atomic E-state index is 0. The number of halogens is 1. The van der Waals surface area contributed by atoms with Gasteiger partial charge in [-0.25, -0.2) is 0 Å². The van der Waals surface area contributed by atoms with Gasteiger partial charge in [0.2, 0.25) is 0 Å². The van der Waals surface area contributed by atoms with Gasteiger partial charge in [0.25, 0.3) is 0 Å². The molecule has 0 amide bonds. The number of rotatable bonds is 7. The zero-order chi connectivity index (χ0) is 15.6. The third-order valence-electron chi connectivity index (χ3n) is 4.28. The third-order valence-corrected chi connectivity index (χ3v) is 4.28. The van der Waals surface area contributed by atoms with Gasteiger partial charge in [-0.2, -0.15) is 0 Å². The predicted octanol–water partition coefficient (Wildman–Crippen LogP) is 4.88. The van der Waals surface area contributed by atoms with Gasteiger partial charge in [-0.15, -0.1) is 12.4 Å². The molecule has 1 saturated carbocycles. The van der Waals surface area contributed by atoms with Gasteiger partial charge < -0.3 is 14.8 Å². The number of hydrogen-bond donors (Lipinski definition) is 1. The van der Waals surface area contributed by atoms with Crippen molar-refractivity contribution in [2.45, 2.75) is 57.5 Å². The van der Waals surface area contributed by atoms with Crippen molar-refractivity contribution in [3.05, 3.63) is 36.4 Å². The quantitative estimate of drug-likeness (QED) is 0.718. The highest BCUT2D eigenvalue weighted by atomic mass is 35.5. The molecule has 1 fully saturated rings. The van der Waals surface area contributed by atoms with Crippen LogP contribution in [0.5, 0.6) is 11.5 Å². The average Bonchev–Trinajstić information content (AvgIpc) is 2.52. The predicted molar refractivity (Wildman–Crippen MR) is 98.9 cm³/mol. The molecule has 1 aliphatic rings. The second-order valence-corrected chi connectivity index (χ2v) is 6.01. The molecule has 0 bridgehead atoms. The molecule has 2 rings (SSSR count). The standard InChI is InChI=1S/C19H29NO2.ClH/c1-3-13-22-18-12-11-16(14-19(18)21-2)15-20-17-9-7-5-4-6-8-10-17;/h3,11-12,14,17,20H,1,4-10,13,15H2,2H3;1H. The van der Waals surface area contributed by atoms with E-state index in [1.165, 1.54) is 50.5 Å². The van der Waals surface area contributed by atoms with E-state index < -0.39 is 0 Å². The molecule has 0 aromatic heterocycles. The molecular weight excluding hydrogens is 310 g/mol. The Balaban J connectivity index is 0.00000264. The smallest absolute Gasteiger partial charge is 0.161 e. The van der Waals surface area contributed by atoms with Crippen molar-refractivity contribution >= 4 is 12.4 Å². The van der Waals surface area contributed by atoms with Crippen molar-refractivity contribution in [3.63, 3.8) is 0 Å². The normalized spacial score (nSPS) is 15.9. The van der Waals surface area contributed by atoms with Crippen LogP contribution in [-0.2, 0) is 6.54 Å². The molecule has 0 saturated heterocycles. The molecule has 0 atom stereocenters. The highest BCUT2D eigenvalue weighted by Crippen LogP contribution is 2.28.